The fourth-order valence-corrected chi connectivity index (χ4v) is 0.969. The zero-order valence-electron chi connectivity index (χ0n) is 7.91. The Labute approximate surface area is 70.3 Å². The van der Waals surface area contributed by atoms with Crippen molar-refractivity contribution in [3.05, 3.63) is 36.0 Å². The van der Waals surface area contributed by atoms with Gasteiger partial charge in [-0.2, -0.15) is 0 Å². The highest BCUT2D eigenvalue weighted by Crippen LogP contribution is 2.16. The van der Waals surface area contributed by atoms with Gasteiger partial charge in [0, 0.05) is 0 Å². The number of hydrogen-bond donors (Lipinski definition) is 0. The van der Waals surface area contributed by atoms with Gasteiger partial charge < -0.3 is 0 Å². The zero-order valence-corrected chi connectivity index (χ0v) is 7.91. The molecule has 11 heavy (non-hydrogen) atoms. The first-order chi connectivity index (χ1) is 5.07. The largest absolute Gasteiger partial charge is 0.0998 e. The van der Waals surface area contributed by atoms with Crippen LogP contribution in [0.4, 0.5) is 0 Å². The highest BCUT2D eigenvalue weighted by Gasteiger charge is 1.96. The molecule has 0 aromatic heterocycles. The van der Waals surface area contributed by atoms with Crippen LogP contribution < -0.4 is 0 Å². The topological polar surface area (TPSA) is 0 Å². The molecule has 0 spiro atoms. The predicted molar refractivity (Wildman–Crippen MR) is 52.6 cm³/mol. The van der Waals surface area contributed by atoms with Gasteiger partial charge in [0.15, 0.2) is 0 Å². The Kier molecular flexibility index (Phi) is 4.60. The van der Waals surface area contributed by atoms with Crippen LogP contribution in [0.1, 0.15) is 33.6 Å². The maximum Gasteiger partial charge on any atom is -0.00733 e. The van der Waals surface area contributed by atoms with Crippen LogP contribution in [0.3, 0.4) is 0 Å². The van der Waals surface area contributed by atoms with Crippen molar-refractivity contribution in [1.82, 2.24) is 0 Å². The maximum absolute atomic E-state index is 3.92. The van der Waals surface area contributed by atoms with Crippen molar-refractivity contribution in [2.24, 2.45) is 0 Å². The van der Waals surface area contributed by atoms with E-state index in [4.69, 9.17) is 0 Å². The summed E-state index contributed by atoms with van der Waals surface area (Å²) >= 11 is 0. The van der Waals surface area contributed by atoms with Gasteiger partial charge in [0.1, 0.15) is 0 Å². The average Bonchev–Trinajstić information content (AvgIpc) is 1.86. The molecule has 0 aliphatic rings. The minimum Gasteiger partial charge on any atom is -0.0998 e. The van der Waals surface area contributed by atoms with Gasteiger partial charge in [-0.15, -0.1) is 0 Å². The van der Waals surface area contributed by atoms with Gasteiger partial charge in [0.2, 0.25) is 0 Å². The van der Waals surface area contributed by atoms with Crippen LogP contribution in [0.2, 0.25) is 0 Å². The van der Waals surface area contributed by atoms with E-state index in [1.807, 2.05) is 13.8 Å². The second kappa shape index (κ2) is 4.95. The lowest BCUT2D eigenvalue weighted by molar-refractivity contribution is 1.08. The minimum absolute atomic E-state index is 0.975. The SMILES string of the molecule is C=C(C)C/C(=C/CC)C(=C)C. The van der Waals surface area contributed by atoms with Crippen molar-refractivity contribution in [2.45, 2.75) is 33.6 Å². The first-order valence-electron chi connectivity index (χ1n) is 4.07. The molecule has 0 rings (SSSR count). The number of allylic oxidation sites excluding steroid dienone is 4. The quantitative estimate of drug-likeness (QED) is 0.421. The van der Waals surface area contributed by atoms with Crippen molar-refractivity contribution < 1.29 is 0 Å². The molecule has 0 nitrogen and oxygen atoms in total. The monoisotopic (exact) mass is 150 g/mol. The second-order valence-electron chi connectivity index (χ2n) is 3.05. The summed E-state index contributed by atoms with van der Waals surface area (Å²) in [5.74, 6) is 0. The first-order valence-corrected chi connectivity index (χ1v) is 4.07. The molecule has 0 amide bonds. The smallest absolute Gasteiger partial charge is 0.00733 e. The Morgan fingerprint density at radius 1 is 1.27 bits per heavy atom. The Bertz CT molecular complexity index is 182. The second-order valence-corrected chi connectivity index (χ2v) is 3.05. The van der Waals surface area contributed by atoms with E-state index in [1.165, 1.54) is 11.1 Å². The molecule has 0 saturated heterocycles. The van der Waals surface area contributed by atoms with Gasteiger partial charge in [0.05, 0.1) is 0 Å². The van der Waals surface area contributed by atoms with Gasteiger partial charge >= 0.3 is 0 Å². The molecule has 0 unspecified atom stereocenters. The van der Waals surface area contributed by atoms with Crippen molar-refractivity contribution in [2.75, 3.05) is 0 Å². The lowest BCUT2D eigenvalue weighted by atomic mass is 10.0. The summed E-state index contributed by atoms with van der Waals surface area (Å²) in [6.45, 7) is 14.0. The van der Waals surface area contributed by atoms with Gasteiger partial charge in [-0.1, -0.05) is 37.3 Å². The summed E-state index contributed by atoms with van der Waals surface area (Å²) < 4.78 is 0. The van der Waals surface area contributed by atoms with E-state index < -0.39 is 0 Å². The summed E-state index contributed by atoms with van der Waals surface area (Å²) in [6, 6.07) is 0. The van der Waals surface area contributed by atoms with Crippen molar-refractivity contribution in [1.29, 1.82) is 0 Å². The fraction of sp³-hybridized carbons (Fsp3) is 0.455. The minimum atomic E-state index is 0.975. The van der Waals surface area contributed by atoms with Crippen molar-refractivity contribution in [3.63, 3.8) is 0 Å². The average molecular weight is 150 g/mol. The molecular formula is C11H18. The van der Waals surface area contributed by atoms with E-state index >= 15 is 0 Å². The summed E-state index contributed by atoms with van der Waals surface area (Å²) in [5, 5.41) is 0. The lowest BCUT2D eigenvalue weighted by Gasteiger charge is -2.05. The van der Waals surface area contributed by atoms with Gasteiger partial charge in [-0.05, 0) is 32.3 Å². The molecule has 0 N–H and O–H groups in total. The molecular weight excluding hydrogens is 132 g/mol. The van der Waals surface area contributed by atoms with Crippen LogP contribution >= 0.6 is 0 Å². The molecule has 0 saturated carbocycles. The molecule has 0 aliphatic carbocycles. The van der Waals surface area contributed by atoms with Crippen LogP contribution in [0.15, 0.2) is 36.0 Å². The molecule has 0 bridgehead atoms. The first kappa shape index (κ1) is 10.2. The molecule has 0 aromatic carbocycles. The molecule has 0 fully saturated rings. The van der Waals surface area contributed by atoms with Crippen LogP contribution in [0, 0.1) is 0 Å². The van der Waals surface area contributed by atoms with Crippen LogP contribution in [-0.4, -0.2) is 0 Å². The summed E-state index contributed by atoms with van der Waals surface area (Å²) in [7, 11) is 0. The van der Waals surface area contributed by atoms with E-state index in [0.29, 0.717) is 0 Å². The Morgan fingerprint density at radius 3 is 2.09 bits per heavy atom. The standard InChI is InChI=1S/C11H18/c1-6-7-11(10(4)5)8-9(2)3/h7H,2,4,6,8H2,1,3,5H3/b11-7-. The Balaban J connectivity index is 4.23. The molecule has 0 aliphatic heterocycles. The van der Waals surface area contributed by atoms with Gasteiger partial charge in [-0.25, -0.2) is 0 Å². The van der Waals surface area contributed by atoms with E-state index in [1.54, 1.807) is 0 Å². The maximum atomic E-state index is 3.92. The highest BCUT2D eigenvalue weighted by molar-refractivity contribution is 5.29. The third-order valence-electron chi connectivity index (χ3n) is 1.49. The van der Waals surface area contributed by atoms with Crippen molar-refractivity contribution in [3.8, 4) is 0 Å². The fourth-order valence-electron chi connectivity index (χ4n) is 0.969. The molecule has 0 radical (unpaired) electrons. The summed E-state index contributed by atoms with van der Waals surface area (Å²) in [5.41, 5.74) is 3.70. The number of rotatable bonds is 4. The van der Waals surface area contributed by atoms with Crippen LogP contribution in [0.5, 0.6) is 0 Å². The summed E-state index contributed by atoms with van der Waals surface area (Å²) in [4.78, 5) is 0. The normalized spacial score (nSPS) is 11.4. The molecule has 0 heteroatoms. The van der Waals surface area contributed by atoms with Gasteiger partial charge in [0.25, 0.3) is 0 Å². The van der Waals surface area contributed by atoms with Crippen LogP contribution in [-0.2, 0) is 0 Å². The molecule has 0 heterocycles. The molecule has 0 aromatic rings. The third kappa shape index (κ3) is 4.60. The highest BCUT2D eigenvalue weighted by atomic mass is 14.0. The Morgan fingerprint density at radius 2 is 1.82 bits per heavy atom. The van der Waals surface area contributed by atoms with Gasteiger partial charge in [-0.3, -0.25) is 0 Å². The van der Waals surface area contributed by atoms with E-state index in [-0.39, 0.29) is 0 Å². The molecule has 62 valence electrons. The molecule has 0 atom stereocenters. The zero-order chi connectivity index (χ0) is 8.85. The summed E-state index contributed by atoms with van der Waals surface area (Å²) in [6.07, 6.45) is 4.27. The van der Waals surface area contributed by atoms with E-state index in [2.05, 4.69) is 26.2 Å². The lowest BCUT2D eigenvalue weighted by Crippen LogP contribution is -1.85. The van der Waals surface area contributed by atoms with E-state index in [9.17, 15) is 0 Å². The third-order valence-corrected chi connectivity index (χ3v) is 1.49. The number of hydrogen-bond acceptors (Lipinski definition) is 0. The van der Waals surface area contributed by atoms with E-state index in [0.717, 1.165) is 18.4 Å². The predicted octanol–water partition coefficient (Wildman–Crippen LogP) is 3.87. The van der Waals surface area contributed by atoms with Crippen LogP contribution in [0.25, 0.3) is 0 Å². The Hall–Kier alpha value is -0.780. The van der Waals surface area contributed by atoms with Crippen molar-refractivity contribution >= 4 is 0 Å².